The average molecular weight is 342 g/mol. The Balaban J connectivity index is 1.74. The van der Waals surface area contributed by atoms with E-state index in [0.717, 1.165) is 37.0 Å². The van der Waals surface area contributed by atoms with Gasteiger partial charge in [-0.2, -0.15) is 5.26 Å². The van der Waals surface area contributed by atoms with E-state index in [0.29, 0.717) is 18.2 Å². The quantitative estimate of drug-likeness (QED) is 0.562. The van der Waals surface area contributed by atoms with Crippen LogP contribution in [-0.2, 0) is 11.3 Å². The van der Waals surface area contributed by atoms with Gasteiger partial charge in [-0.15, -0.1) is 0 Å². The Morgan fingerprint density at radius 2 is 2.00 bits per heavy atom. The van der Waals surface area contributed by atoms with Crippen LogP contribution < -0.4 is 10.6 Å². The molecule has 5 heteroatoms. The van der Waals surface area contributed by atoms with Gasteiger partial charge in [0.05, 0.1) is 17.7 Å². The summed E-state index contributed by atoms with van der Waals surface area (Å²) in [6.07, 6.45) is 6.66. The van der Waals surface area contributed by atoms with Crippen LogP contribution in [0.5, 0.6) is 0 Å². The van der Waals surface area contributed by atoms with Crippen molar-refractivity contribution in [3.8, 4) is 6.07 Å². The second-order valence-electron chi connectivity index (χ2n) is 6.49. The zero-order valence-corrected chi connectivity index (χ0v) is 15.4. The predicted molar refractivity (Wildman–Crippen MR) is 101 cm³/mol. The van der Waals surface area contributed by atoms with Crippen LogP contribution in [0.3, 0.4) is 0 Å². The van der Waals surface area contributed by atoms with Crippen molar-refractivity contribution < 1.29 is 4.74 Å². The first-order chi connectivity index (χ1) is 12.3. The minimum absolute atomic E-state index is 0.358. The molecule has 0 saturated heterocycles. The van der Waals surface area contributed by atoms with E-state index in [-0.39, 0.29) is 0 Å². The molecule has 0 bridgehead atoms. The van der Waals surface area contributed by atoms with Crippen molar-refractivity contribution in [3.05, 3.63) is 35.4 Å². The summed E-state index contributed by atoms with van der Waals surface area (Å²) in [4.78, 5) is 4.28. The Morgan fingerprint density at radius 3 is 2.60 bits per heavy atom. The zero-order chi connectivity index (χ0) is 17.9. The summed E-state index contributed by atoms with van der Waals surface area (Å²) in [6, 6.07) is 9.73. The van der Waals surface area contributed by atoms with Gasteiger partial charge in [-0.25, -0.2) is 0 Å². The molecule has 2 N–H and O–H groups in total. The first-order valence-electron chi connectivity index (χ1n) is 9.32. The molecule has 0 heterocycles. The average Bonchev–Trinajstić information content (AvgIpc) is 3.18. The van der Waals surface area contributed by atoms with Crippen LogP contribution in [0, 0.1) is 17.2 Å². The van der Waals surface area contributed by atoms with E-state index in [9.17, 15) is 0 Å². The van der Waals surface area contributed by atoms with Crippen molar-refractivity contribution in [3.63, 3.8) is 0 Å². The molecule has 1 fully saturated rings. The lowest BCUT2D eigenvalue weighted by atomic mass is 9.98. The molecule has 1 saturated carbocycles. The lowest BCUT2D eigenvalue weighted by molar-refractivity contribution is 0.0169. The Bertz CT molecular complexity index is 570. The number of hydrogen-bond donors (Lipinski definition) is 2. The van der Waals surface area contributed by atoms with Gasteiger partial charge in [-0.1, -0.05) is 25.0 Å². The number of nitrogens with one attached hydrogen (secondary N) is 2. The van der Waals surface area contributed by atoms with Gasteiger partial charge in [0, 0.05) is 26.7 Å². The third kappa shape index (κ3) is 6.39. The Morgan fingerprint density at radius 1 is 1.28 bits per heavy atom. The first kappa shape index (κ1) is 19.3. The summed E-state index contributed by atoms with van der Waals surface area (Å²) in [5.74, 6) is 1.52. The van der Waals surface area contributed by atoms with Gasteiger partial charge >= 0.3 is 0 Å². The van der Waals surface area contributed by atoms with Gasteiger partial charge in [0.1, 0.15) is 0 Å². The van der Waals surface area contributed by atoms with Crippen molar-refractivity contribution in [2.75, 3.05) is 20.2 Å². The summed E-state index contributed by atoms with van der Waals surface area (Å²) >= 11 is 0. The zero-order valence-electron chi connectivity index (χ0n) is 15.4. The maximum Gasteiger partial charge on any atom is 0.191 e. The fraction of sp³-hybridized carbons (Fsp3) is 0.600. The van der Waals surface area contributed by atoms with Gasteiger partial charge in [0.2, 0.25) is 0 Å². The second-order valence-corrected chi connectivity index (χ2v) is 6.49. The topological polar surface area (TPSA) is 69.4 Å². The number of benzene rings is 1. The Kier molecular flexibility index (Phi) is 8.27. The number of aliphatic imine (C=N–C) groups is 1. The van der Waals surface area contributed by atoms with Crippen molar-refractivity contribution in [1.82, 2.24) is 10.6 Å². The fourth-order valence-electron chi connectivity index (χ4n) is 3.43. The second kappa shape index (κ2) is 10.7. The van der Waals surface area contributed by atoms with Crippen molar-refractivity contribution in [2.24, 2.45) is 10.9 Å². The molecule has 1 unspecified atom stereocenters. The predicted octanol–water partition coefficient (Wildman–Crippen LogP) is 3.21. The maximum atomic E-state index is 8.84. The molecule has 0 spiro atoms. The molecule has 1 aromatic carbocycles. The van der Waals surface area contributed by atoms with E-state index in [2.05, 4.69) is 28.6 Å². The smallest absolute Gasteiger partial charge is 0.191 e. The van der Waals surface area contributed by atoms with Crippen molar-refractivity contribution >= 4 is 5.96 Å². The maximum absolute atomic E-state index is 8.84. The molecule has 1 aromatic rings. The molecule has 2 rings (SSSR count). The molecular weight excluding hydrogens is 312 g/mol. The molecule has 1 aliphatic rings. The van der Waals surface area contributed by atoms with Gasteiger partial charge in [-0.3, -0.25) is 4.99 Å². The number of ether oxygens (including phenoxy) is 1. The Labute approximate surface area is 151 Å². The highest BCUT2D eigenvalue weighted by atomic mass is 16.5. The number of nitriles is 1. The van der Waals surface area contributed by atoms with Crippen molar-refractivity contribution in [2.45, 2.75) is 51.7 Å². The van der Waals surface area contributed by atoms with E-state index in [4.69, 9.17) is 10.00 Å². The number of hydrogen-bond acceptors (Lipinski definition) is 3. The molecule has 1 aliphatic carbocycles. The Hall–Kier alpha value is -2.06. The summed E-state index contributed by atoms with van der Waals surface area (Å²) < 4.78 is 5.97. The van der Waals surface area contributed by atoms with Crippen LogP contribution >= 0.6 is 0 Å². The van der Waals surface area contributed by atoms with Crippen LogP contribution in [0.1, 0.15) is 50.2 Å². The van der Waals surface area contributed by atoms with Crippen LogP contribution in [0.2, 0.25) is 0 Å². The molecule has 1 atom stereocenters. The molecule has 5 nitrogen and oxygen atoms in total. The van der Waals surface area contributed by atoms with Crippen LogP contribution in [-0.4, -0.2) is 32.3 Å². The standard InChI is InChI=1S/C20H30N4O/c1-3-25-19(18-6-4-5-7-18)12-13-23-20(22-2)24-15-17-10-8-16(14-21)9-11-17/h8-11,18-19H,3-7,12-13,15H2,1-2H3,(H2,22,23,24). The van der Waals surface area contributed by atoms with Crippen LogP contribution in [0.25, 0.3) is 0 Å². The molecule has 0 radical (unpaired) electrons. The SMILES string of the molecule is CCOC(CCNC(=NC)NCc1ccc(C#N)cc1)C1CCCC1. The summed E-state index contributed by atoms with van der Waals surface area (Å²) in [5.41, 5.74) is 1.81. The first-order valence-corrected chi connectivity index (χ1v) is 9.32. The lowest BCUT2D eigenvalue weighted by Crippen LogP contribution is -2.39. The minimum atomic E-state index is 0.358. The van der Waals surface area contributed by atoms with Gasteiger partial charge in [0.15, 0.2) is 5.96 Å². The largest absolute Gasteiger partial charge is 0.378 e. The molecule has 136 valence electrons. The van der Waals surface area contributed by atoms with Gasteiger partial charge in [0.25, 0.3) is 0 Å². The van der Waals surface area contributed by atoms with Crippen LogP contribution in [0.15, 0.2) is 29.3 Å². The van der Waals surface area contributed by atoms with Crippen LogP contribution in [0.4, 0.5) is 0 Å². The number of nitrogens with zero attached hydrogens (tertiary/aromatic N) is 2. The van der Waals surface area contributed by atoms with Gasteiger partial charge in [-0.05, 0) is 49.8 Å². The normalized spacial score (nSPS) is 16.4. The molecule has 0 amide bonds. The lowest BCUT2D eigenvalue weighted by Gasteiger charge is -2.24. The number of rotatable bonds is 8. The third-order valence-electron chi connectivity index (χ3n) is 4.79. The van der Waals surface area contributed by atoms with E-state index < -0.39 is 0 Å². The van der Waals surface area contributed by atoms with E-state index >= 15 is 0 Å². The van der Waals surface area contributed by atoms with Gasteiger partial charge < -0.3 is 15.4 Å². The highest BCUT2D eigenvalue weighted by molar-refractivity contribution is 5.79. The molecule has 0 aromatic heterocycles. The van der Waals surface area contributed by atoms with E-state index in [1.807, 2.05) is 24.3 Å². The molecule has 25 heavy (non-hydrogen) atoms. The van der Waals surface area contributed by atoms with E-state index in [1.54, 1.807) is 7.05 Å². The fourth-order valence-corrected chi connectivity index (χ4v) is 3.43. The highest BCUT2D eigenvalue weighted by Crippen LogP contribution is 2.30. The van der Waals surface area contributed by atoms with E-state index in [1.165, 1.54) is 25.7 Å². The van der Waals surface area contributed by atoms with Crippen molar-refractivity contribution in [1.29, 1.82) is 5.26 Å². The molecule has 0 aliphatic heterocycles. The molecular formula is C20H30N4O. The summed E-state index contributed by atoms with van der Waals surface area (Å²) in [7, 11) is 1.78. The monoisotopic (exact) mass is 342 g/mol. The summed E-state index contributed by atoms with van der Waals surface area (Å²) in [5, 5.41) is 15.5. The number of guanidine groups is 1. The third-order valence-corrected chi connectivity index (χ3v) is 4.79. The summed E-state index contributed by atoms with van der Waals surface area (Å²) in [6.45, 7) is 4.40. The highest BCUT2D eigenvalue weighted by Gasteiger charge is 2.24. The minimum Gasteiger partial charge on any atom is -0.378 e.